The Morgan fingerprint density at radius 1 is 1.08 bits per heavy atom. The third-order valence-corrected chi connectivity index (χ3v) is 7.25. The molecule has 4 fully saturated rings. The van der Waals surface area contributed by atoms with E-state index in [-0.39, 0.29) is 11.9 Å². The van der Waals surface area contributed by atoms with Gasteiger partial charge in [-0.05, 0) is 93.6 Å². The van der Waals surface area contributed by atoms with Crippen LogP contribution in [0.4, 0.5) is 5.69 Å². The summed E-state index contributed by atoms with van der Waals surface area (Å²) in [6.45, 7) is 6.17. The second-order valence-corrected chi connectivity index (χ2v) is 8.96. The molecule has 4 aliphatic carbocycles. The van der Waals surface area contributed by atoms with Crippen molar-refractivity contribution in [1.29, 1.82) is 0 Å². The van der Waals surface area contributed by atoms with E-state index in [1.807, 2.05) is 26.0 Å². The van der Waals surface area contributed by atoms with Crippen molar-refractivity contribution in [3.05, 3.63) is 28.8 Å². The lowest BCUT2D eigenvalue weighted by Crippen LogP contribution is -2.55. The summed E-state index contributed by atoms with van der Waals surface area (Å²) in [5, 5.41) is 3.34. The molecule has 1 amide bonds. The largest absolute Gasteiger partial charge is 0.398 e. The third-order valence-electron chi connectivity index (χ3n) is 7.25. The Balaban J connectivity index is 1.55. The van der Waals surface area contributed by atoms with Crippen molar-refractivity contribution >= 4 is 11.6 Å². The number of hydrogen-bond donors (Lipinski definition) is 2. The van der Waals surface area contributed by atoms with Crippen molar-refractivity contribution in [1.82, 2.24) is 5.32 Å². The van der Waals surface area contributed by atoms with Gasteiger partial charge in [-0.1, -0.05) is 12.1 Å². The van der Waals surface area contributed by atoms with E-state index in [1.165, 1.54) is 38.5 Å². The Kier molecular flexibility index (Phi) is 3.67. The quantitative estimate of drug-likeness (QED) is 0.817. The maximum Gasteiger partial charge on any atom is 0.253 e. The molecule has 1 aromatic rings. The van der Waals surface area contributed by atoms with Gasteiger partial charge in [0.15, 0.2) is 0 Å². The first-order chi connectivity index (χ1) is 11.4. The number of hydrogen-bond acceptors (Lipinski definition) is 2. The molecule has 0 spiro atoms. The molecule has 24 heavy (non-hydrogen) atoms. The number of carbonyl (C=O) groups is 1. The number of nitrogens with two attached hydrogens (primary N) is 1. The van der Waals surface area contributed by atoms with Gasteiger partial charge in [0.25, 0.3) is 5.91 Å². The van der Waals surface area contributed by atoms with Crippen LogP contribution in [-0.4, -0.2) is 11.9 Å². The van der Waals surface area contributed by atoms with Gasteiger partial charge in [0.2, 0.25) is 0 Å². The number of aryl methyl sites for hydroxylation is 2. The van der Waals surface area contributed by atoms with Crippen molar-refractivity contribution < 1.29 is 4.79 Å². The Bertz CT molecular complexity index is 643. The van der Waals surface area contributed by atoms with Crippen LogP contribution in [0.3, 0.4) is 0 Å². The van der Waals surface area contributed by atoms with E-state index in [1.54, 1.807) is 0 Å². The minimum atomic E-state index is 0.0111. The topological polar surface area (TPSA) is 55.1 Å². The van der Waals surface area contributed by atoms with Gasteiger partial charge in [0, 0.05) is 11.7 Å². The highest BCUT2D eigenvalue weighted by atomic mass is 16.1. The van der Waals surface area contributed by atoms with E-state index in [0.29, 0.717) is 16.7 Å². The summed E-state index contributed by atoms with van der Waals surface area (Å²) < 4.78 is 0. The number of rotatable bonds is 3. The molecule has 0 radical (unpaired) electrons. The lowest BCUT2D eigenvalue weighted by molar-refractivity contribution is -0.0688. The van der Waals surface area contributed by atoms with Crippen LogP contribution >= 0.6 is 0 Å². The van der Waals surface area contributed by atoms with Gasteiger partial charge in [-0.25, -0.2) is 0 Å². The standard InChI is InChI=1S/C21H30N2O/c1-12-4-5-13(2)19(22)18(12)20(24)23-14(3)21-9-15-6-16(10-21)8-17(7-15)11-21/h4-5,14-17H,6-11,22H2,1-3H3,(H,23,24). The van der Waals surface area contributed by atoms with E-state index in [4.69, 9.17) is 5.73 Å². The summed E-state index contributed by atoms with van der Waals surface area (Å²) in [7, 11) is 0. The normalized spacial score (nSPS) is 35.0. The van der Waals surface area contributed by atoms with Crippen molar-refractivity contribution in [2.45, 2.75) is 65.3 Å². The highest BCUT2D eigenvalue weighted by Gasteiger charge is 2.53. The summed E-state index contributed by atoms with van der Waals surface area (Å²) in [6, 6.07) is 4.22. The molecule has 0 aromatic heterocycles. The zero-order valence-electron chi connectivity index (χ0n) is 15.2. The van der Waals surface area contributed by atoms with Crippen LogP contribution < -0.4 is 11.1 Å². The van der Waals surface area contributed by atoms with Gasteiger partial charge in [-0.15, -0.1) is 0 Å². The van der Waals surface area contributed by atoms with Crippen LogP contribution in [0.15, 0.2) is 12.1 Å². The minimum absolute atomic E-state index is 0.0111. The first-order valence-electron chi connectivity index (χ1n) is 9.54. The lowest BCUT2D eigenvalue weighted by atomic mass is 9.48. The average Bonchev–Trinajstić information content (AvgIpc) is 2.50. The van der Waals surface area contributed by atoms with Crippen LogP contribution in [0.2, 0.25) is 0 Å². The highest BCUT2D eigenvalue weighted by molar-refractivity contribution is 6.01. The van der Waals surface area contributed by atoms with E-state index in [2.05, 4.69) is 12.2 Å². The summed E-state index contributed by atoms with van der Waals surface area (Å²) in [5.41, 5.74) is 9.78. The summed E-state index contributed by atoms with van der Waals surface area (Å²) in [5.74, 6) is 2.72. The molecular formula is C21H30N2O. The Labute approximate surface area is 145 Å². The van der Waals surface area contributed by atoms with Gasteiger partial charge >= 0.3 is 0 Å². The molecule has 0 heterocycles. The second-order valence-electron chi connectivity index (χ2n) is 8.96. The van der Waals surface area contributed by atoms with Crippen molar-refractivity contribution in [2.24, 2.45) is 23.2 Å². The predicted molar refractivity (Wildman–Crippen MR) is 97.9 cm³/mol. The second kappa shape index (κ2) is 5.50. The predicted octanol–water partition coefficient (Wildman–Crippen LogP) is 4.22. The molecule has 0 saturated heterocycles. The maximum absolute atomic E-state index is 13.0. The fourth-order valence-electron chi connectivity index (χ4n) is 6.26. The molecular weight excluding hydrogens is 296 g/mol. The first kappa shape index (κ1) is 16.0. The van der Waals surface area contributed by atoms with E-state index in [9.17, 15) is 4.79 Å². The summed E-state index contributed by atoms with van der Waals surface area (Å²) in [4.78, 5) is 13.0. The van der Waals surface area contributed by atoms with E-state index in [0.717, 1.165) is 28.9 Å². The molecule has 4 bridgehead atoms. The monoisotopic (exact) mass is 326 g/mol. The van der Waals surface area contributed by atoms with Crippen LogP contribution in [-0.2, 0) is 0 Å². The fourth-order valence-corrected chi connectivity index (χ4v) is 6.26. The molecule has 4 saturated carbocycles. The number of nitrogen functional groups attached to an aromatic ring is 1. The van der Waals surface area contributed by atoms with Gasteiger partial charge in [0.05, 0.1) is 5.56 Å². The number of carbonyl (C=O) groups excluding carboxylic acids is 1. The molecule has 3 N–H and O–H groups in total. The minimum Gasteiger partial charge on any atom is -0.398 e. The van der Waals surface area contributed by atoms with Crippen molar-refractivity contribution in [2.75, 3.05) is 5.73 Å². The highest BCUT2D eigenvalue weighted by Crippen LogP contribution is 2.61. The maximum atomic E-state index is 13.0. The lowest BCUT2D eigenvalue weighted by Gasteiger charge is -2.59. The smallest absolute Gasteiger partial charge is 0.253 e. The van der Waals surface area contributed by atoms with Gasteiger partial charge in [-0.3, -0.25) is 4.79 Å². The third kappa shape index (κ3) is 2.44. The Morgan fingerprint density at radius 2 is 1.58 bits per heavy atom. The molecule has 3 heteroatoms. The van der Waals surface area contributed by atoms with E-state index < -0.39 is 0 Å². The Hall–Kier alpha value is -1.51. The Morgan fingerprint density at radius 3 is 2.12 bits per heavy atom. The van der Waals surface area contributed by atoms with E-state index >= 15 is 0 Å². The first-order valence-corrected chi connectivity index (χ1v) is 9.54. The van der Waals surface area contributed by atoms with Gasteiger partial charge < -0.3 is 11.1 Å². The zero-order valence-corrected chi connectivity index (χ0v) is 15.2. The average molecular weight is 326 g/mol. The molecule has 4 aliphatic rings. The SMILES string of the molecule is Cc1ccc(C)c(C(=O)NC(C)C23CC4CC(CC(C4)C2)C3)c1N. The summed E-state index contributed by atoms with van der Waals surface area (Å²) in [6.07, 6.45) is 8.23. The van der Waals surface area contributed by atoms with Crippen LogP contribution in [0, 0.1) is 37.0 Å². The van der Waals surface area contributed by atoms with Crippen molar-refractivity contribution in [3.63, 3.8) is 0 Å². The number of amides is 1. The van der Waals surface area contributed by atoms with Gasteiger partial charge in [0.1, 0.15) is 0 Å². The van der Waals surface area contributed by atoms with Crippen LogP contribution in [0.1, 0.15) is 66.9 Å². The van der Waals surface area contributed by atoms with Crippen molar-refractivity contribution in [3.8, 4) is 0 Å². The molecule has 1 atom stereocenters. The number of anilines is 1. The fraction of sp³-hybridized carbons (Fsp3) is 0.667. The molecule has 3 nitrogen and oxygen atoms in total. The molecule has 1 unspecified atom stereocenters. The number of nitrogens with one attached hydrogen (secondary N) is 1. The zero-order chi connectivity index (χ0) is 17.1. The molecule has 1 aromatic carbocycles. The van der Waals surface area contributed by atoms with Crippen LogP contribution in [0.5, 0.6) is 0 Å². The molecule has 130 valence electrons. The number of benzene rings is 1. The van der Waals surface area contributed by atoms with Crippen LogP contribution in [0.25, 0.3) is 0 Å². The van der Waals surface area contributed by atoms with Gasteiger partial charge in [-0.2, -0.15) is 0 Å². The summed E-state index contributed by atoms with van der Waals surface area (Å²) >= 11 is 0. The molecule has 5 rings (SSSR count). The molecule has 0 aliphatic heterocycles.